The first-order valence-electron chi connectivity index (χ1n) is 6.38. The second-order valence-corrected chi connectivity index (χ2v) is 5.84. The summed E-state index contributed by atoms with van der Waals surface area (Å²) in [6.07, 6.45) is 2.76. The van der Waals surface area contributed by atoms with Crippen molar-refractivity contribution < 1.29 is 18.6 Å². The first-order chi connectivity index (χ1) is 9.02. The van der Waals surface area contributed by atoms with Crippen LogP contribution in [0.3, 0.4) is 0 Å². The van der Waals surface area contributed by atoms with Gasteiger partial charge < -0.3 is 9.84 Å². The number of methoxy groups -OCH3 is 1. The number of rotatable bonds is 3. The van der Waals surface area contributed by atoms with Gasteiger partial charge in [0.15, 0.2) is 0 Å². The van der Waals surface area contributed by atoms with E-state index in [4.69, 9.17) is 4.74 Å². The van der Waals surface area contributed by atoms with Gasteiger partial charge in [-0.3, -0.25) is 0 Å². The largest absolute Gasteiger partial charge is 0.385 e. The predicted molar refractivity (Wildman–Crippen MR) is 71.8 cm³/mol. The fraction of sp³-hybridized carbons (Fsp3) is 0.571. The first kappa shape index (κ1) is 14.9. The zero-order valence-corrected chi connectivity index (χ0v) is 12.3. The molecule has 1 fully saturated rings. The molecule has 2 rings (SSSR count). The maximum atomic E-state index is 14.1. The molecule has 0 aliphatic heterocycles. The van der Waals surface area contributed by atoms with Gasteiger partial charge in [-0.1, -0.05) is 19.3 Å². The summed E-state index contributed by atoms with van der Waals surface area (Å²) in [6.45, 7) is 0. The minimum atomic E-state index is -1.30. The maximum absolute atomic E-state index is 14.1. The van der Waals surface area contributed by atoms with E-state index in [1.165, 1.54) is 13.2 Å². The van der Waals surface area contributed by atoms with Gasteiger partial charge in [0.1, 0.15) is 17.7 Å². The van der Waals surface area contributed by atoms with Gasteiger partial charge in [0.2, 0.25) is 0 Å². The van der Waals surface area contributed by atoms with E-state index < -0.39 is 23.3 Å². The molecule has 0 bridgehead atoms. The molecule has 1 aliphatic carbocycles. The predicted octanol–water partition coefficient (Wildman–Crippen LogP) is 4.11. The van der Waals surface area contributed by atoms with E-state index in [0.29, 0.717) is 12.8 Å². The SMILES string of the molecule is COC1(C(O)c2c(F)ccc(Br)c2F)CCCCC1. The minimum Gasteiger partial charge on any atom is -0.385 e. The average molecular weight is 335 g/mol. The van der Waals surface area contributed by atoms with Crippen molar-refractivity contribution in [3.05, 3.63) is 33.8 Å². The van der Waals surface area contributed by atoms with Crippen molar-refractivity contribution in [1.82, 2.24) is 0 Å². The summed E-state index contributed by atoms with van der Waals surface area (Å²) in [5.74, 6) is -1.50. The highest BCUT2D eigenvalue weighted by Gasteiger charge is 2.42. The molecule has 0 heterocycles. The molecule has 0 aromatic heterocycles. The molecular formula is C14H17BrF2O2. The summed E-state index contributed by atoms with van der Waals surface area (Å²) < 4.78 is 33.5. The third-order valence-corrected chi connectivity index (χ3v) is 4.57. The number of aliphatic hydroxyl groups is 1. The second kappa shape index (κ2) is 5.85. The molecule has 106 valence electrons. The number of halogens is 3. The average Bonchev–Trinajstić information content (AvgIpc) is 2.44. The van der Waals surface area contributed by atoms with Gasteiger partial charge in [-0.25, -0.2) is 8.78 Å². The quantitative estimate of drug-likeness (QED) is 0.843. The zero-order valence-electron chi connectivity index (χ0n) is 10.8. The highest BCUT2D eigenvalue weighted by atomic mass is 79.9. The lowest BCUT2D eigenvalue weighted by atomic mass is 9.78. The molecule has 5 heteroatoms. The van der Waals surface area contributed by atoms with Crippen molar-refractivity contribution >= 4 is 15.9 Å². The smallest absolute Gasteiger partial charge is 0.146 e. The molecule has 0 spiro atoms. The van der Waals surface area contributed by atoms with E-state index in [-0.39, 0.29) is 10.0 Å². The lowest BCUT2D eigenvalue weighted by Gasteiger charge is -2.40. The molecule has 1 atom stereocenters. The second-order valence-electron chi connectivity index (χ2n) is 4.99. The van der Waals surface area contributed by atoms with E-state index in [1.54, 1.807) is 0 Å². The molecule has 0 saturated heterocycles. The van der Waals surface area contributed by atoms with Gasteiger partial charge >= 0.3 is 0 Å². The fourth-order valence-electron chi connectivity index (χ4n) is 2.80. The monoisotopic (exact) mass is 334 g/mol. The molecule has 1 saturated carbocycles. The van der Waals surface area contributed by atoms with E-state index in [1.807, 2.05) is 0 Å². The molecule has 1 aromatic carbocycles. The number of ether oxygens (including phenoxy) is 1. The van der Waals surface area contributed by atoms with Crippen LogP contribution < -0.4 is 0 Å². The van der Waals surface area contributed by atoms with Gasteiger partial charge in [0.25, 0.3) is 0 Å². The highest BCUT2D eigenvalue weighted by molar-refractivity contribution is 9.10. The van der Waals surface area contributed by atoms with E-state index in [9.17, 15) is 13.9 Å². The molecule has 1 N–H and O–H groups in total. The fourth-order valence-corrected chi connectivity index (χ4v) is 3.14. The molecule has 2 nitrogen and oxygen atoms in total. The van der Waals surface area contributed by atoms with Gasteiger partial charge in [-0.05, 0) is 40.9 Å². The van der Waals surface area contributed by atoms with Crippen LogP contribution in [-0.2, 0) is 4.74 Å². The third kappa shape index (κ3) is 2.69. The summed E-state index contributed by atoms with van der Waals surface area (Å²) in [4.78, 5) is 0. The Balaban J connectivity index is 2.42. The summed E-state index contributed by atoms with van der Waals surface area (Å²) in [7, 11) is 1.49. The van der Waals surface area contributed by atoms with Crippen LogP contribution in [-0.4, -0.2) is 17.8 Å². The zero-order chi connectivity index (χ0) is 14.0. The van der Waals surface area contributed by atoms with Gasteiger partial charge in [0, 0.05) is 7.11 Å². The molecule has 1 aliphatic rings. The maximum Gasteiger partial charge on any atom is 0.146 e. The van der Waals surface area contributed by atoms with E-state index in [2.05, 4.69) is 15.9 Å². The number of benzene rings is 1. The van der Waals surface area contributed by atoms with Crippen LogP contribution in [0.2, 0.25) is 0 Å². The number of aliphatic hydroxyl groups excluding tert-OH is 1. The van der Waals surface area contributed by atoms with Gasteiger partial charge in [0.05, 0.1) is 15.6 Å². The van der Waals surface area contributed by atoms with Crippen LogP contribution in [0.25, 0.3) is 0 Å². The van der Waals surface area contributed by atoms with Gasteiger partial charge in [-0.2, -0.15) is 0 Å². The molecule has 1 unspecified atom stereocenters. The van der Waals surface area contributed by atoms with Crippen molar-refractivity contribution in [3.63, 3.8) is 0 Å². The van der Waals surface area contributed by atoms with Crippen LogP contribution in [0.4, 0.5) is 8.78 Å². The lowest BCUT2D eigenvalue weighted by Crippen LogP contribution is -2.41. The highest BCUT2D eigenvalue weighted by Crippen LogP contribution is 2.43. The molecular weight excluding hydrogens is 318 g/mol. The lowest BCUT2D eigenvalue weighted by molar-refractivity contribution is -0.127. The standard InChI is InChI=1S/C14H17BrF2O2/c1-19-14(7-3-2-4-8-14)13(18)11-10(16)6-5-9(15)12(11)17/h5-6,13,18H,2-4,7-8H2,1H3. The Morgan fingerprint density at radius 1 is 1.26 bits per heavy atom. The number of hydrogen-bond donors (Lipinski definition) is 1. The van der Waals surface area contributed by atoms with Crippen LogP contribution in [0.1, 0.15) is 43.8 Å². The molecule has 1 aromatic rings. The van der Waals surface area contributed by atoms with Crippen molar-refractivity contribution in [2.24, 2.45) is 0 Å². The van der Waals surface area contributed by atoms with Crippen molar-refractivity contribution in [2.45, 2.75) is 43.8 Å². The molecule has 0 amide bonds. The summed E-state index contributed by atoms with van der Waals surface area (Å²) in [5.41, 5.74) is -1.20. The molecule has 19 heavy (non-hydrogen) atoms. The summed E-state index contributed by atoms with van der Waals surface area (Å²) >= 11 is 3.02. The topological polar surface area (TPSA) is 29.5 Å². The summed E-state index contributed by atoms with van der Waals surface area (Å²) in [6, 6.07) is 2.44. The van der Waals surface area contributed by atoms with Crippen LogP contribution in [0, 0.1) is 11.6 Å². The normalized spacial score (nSPS) is 20.3. The van der Waals surface area contributed by atoms with E-state index in [0.717, 1.165) is 25.3 Å². The Bertz CT molecular complexity index is 459. The summed E-state index contributed by atoms with van der Waals surface area (Å²) in [5, 5.41) is 10.5. The number of hydrogen-bond acceptors (Lipinski definition) is 2. The van der Waals surface area contributed by atoms with Crippen molar-refractivity contribution in [2.75, 3.05) is 7.11 Å². The third-order valence-electron chi connectivity index (χ3n) is 3.96. The Morgan fingerprint density at radius 3 is 2.47 bits per heavy atom. The Hall–Kier alpha value is -0.520. The minimum absolute atomic E-state index is 0.144. The first-order valence-corrected chi connectivity index (χ1v) is 7.18. The van der Waals surface area contributed by atoms with Crippen LogP contribution in [0.15, 0.2) is 16.6 Å². The van der Waals surface area contributed by atoms with Crippen molar-refractivity contribution in [3.8, 4) is 0 Å². The Kier molecular flexibility index (Phi) is 4.58. The Labute approximate surface area is 119 Å². The van der Waals surface area contributed by atoms with Gasteiger partial charge in [-0.15, -0.1) is 0 Å². The Morgan fingerprint density at radius 2 is 1.89 bits per heavy atom. The molecule has 0 radical (unpaired) electrons. The van der Waals surface area contributed by atoms with E-state index >= 15 is 0 Å². The van der Waals surface area contributed by atoms with Crippen molar-refractivity contribution in [1.29, 1.82) is 0 Å². The van der Waals surface area contributed by atoms with Crippen LogP contribution >= 0.6 is 15.9 Å². The van der Waals surface area contributed by atoms with Crippen LogP contribution in [0.5, 0.6) is 0 Å².